The van der Waals surface area contributed by atoms with E-state index < -0.39 is 10.0 Å². The number of anilines is 1. The first-order valence-electron chi connectivity index (χ1n) is 9.01. The number of rotatable bonds is 8. The number of carbonyl (C=O) groups is 1. The third kappa shape index (κ3) is 4.52. The molecular weight excluding hydrogens is 340 g/mol. The SMILES string of the molecule is CCOc1ccc(S(=O)(=O)N(CC)CC)cc1NC(=O)C1CCCC1. The zero-order valence-electron chi connectivity index (χ0n) is 15.2. The van der Waals surface area contributed by atoms with E-state index in [2.05, 4.69) is 5.32 Å². The van der Waals surface area contributed by atoms with Crippen molar-refractivity contribution >= 4 is 21.6 Å². The second-order valence-electron chi connectivity index (χ2n) is 6.15. The average Bonchev–Trinajstić information content (AvgIpc) is 3.12. The number of nitrogens with one attached hydrogen (secondary N) is 1. The van der Waals surface area contributed by atoms with Gasteiger partial charge in [0.15, 0.2) is 0 Å². The van der Waals surface area contributed by atoms with E-state index in [-0.39, 0.29) is 16.7 Å². The highest BCUT2D eigenvalue weighted by Crippen LogP contribution is 2.32. The molecule has 7 heteroatoms. The normalized spacial score (nSPS) is 15.5. The first kappa shape index (κ1) is 19.7. The maximum Gasteiger partial charge on any atom is 0.243 e. The van der Waals surface area contributed by atoms with Crippen LogP contribution in [0.15, 0.2) is 23.1 Å². The van der Waals surface area contributed by atoms with Crippen LogP contribution in [0.5, 0.6) is 5.75 Å². The molecule has 2 rings (SSSR count). The standard InChI is InChI=1S/C18H28N2O4S/c1-4-20(5-2)25(22,23)15-11-12-17(24-6-3)16(13-15)19-18(21)14-9-7-8-10-14/h11-14H,4-10H2,1-3H3,(H,19,21). The zero-order valence-corrected chi connectivity index (χ0v) is 16.1. The number of carbonyl (C=O) groups excluding carboxylic acids is 1. The van der Waals surface area contributed by atoms with E-state index in [1.807, 2.05) is 6.92 Å². The summed E-state index contributed by atoms with van der Waals surface area (Å²) >= 11 is 0. The maximum atomic E-state index is 12.7. The minimum Gasteiger partial charge on any atom is -0.492 e. The fourth-order valence-electron chi connectivity index (χ4n) is 3.18. The number of hydrogen-bond acceptors (Lipinski definition) is 4. The molecular formula is C18H28N2O4S. The Hall–Kier alpha value is -1.60. The van der Waals surface area contributed by atoms with Gasteiger partial charge < -0.3 is 10.1 Å². The fourth-order valence-corrected chi connectivity index (χ4v) is 4.67. The lowest BCUT2D eigenvalue weighted by atomic mass is 10.1. The Labute approximate surface area is 150 Å². The van der Waals surface area contributed by atoms with Gasteiger partial charge in [-0.2, -0.15) is 4.31 Å². The van der Waals surface area contributed by atoms with Crippen molar-refractivity contribution < 1.29 is 17.9 Å². The molecule has 1 saturated carbocycles. The van der Waals surface area contributed by atoms with Crippen LogP contribution in [0.3, 0.4) is 0 Å². The van der Waals surface area contributed by atoms with Gasteiger partial charge >= 0.3 is 0 Å². The molecule has 0 bridgehead atoms. The van der Waals surface area contributed by atoms with Gasteiger partial charge in [0, 0.05) is 19.0 Å². The Morgan fingerprint density at radius 1 is 1.20 bits per heavy atom. The molecule has 0 radical (unpaired) electrons. The number of ether oxygens (including phenoxy) is 1. The highest BCUT2D eigenvalue weighted by atomic mass is 32.2. The molecule has 1 amide bonds. The summed E-state index contributed by atoms with van der Waals surface area (Å²) in [5.41, 5.74) is 0.423. The van der Waals surface area contributed by atoms with Gasteiger partial charge in [0.05, 0.1) is 17.2 Å². The molecule has 0 saturated heterocycles. The lowest BCUT2D eigenvalue weighted by molar-refractivity contribution is -0.119. The van der Waals surface area contributed by atoms with E-state index in [9.17, 15) is 13.2 Å². The fraction of sp³-hybridized carbons (Fsp3) is 0.611. The van der Waals surface area contributed by atoms with E-state index in [0.29, 0.717) is 31.1 Å². The van der Waals surface area contributed by atoms with Gasteiger partial charge in [-0.3, -0.25) is 4.79 Å². The quantitative estimate of drug-likeness (QED) is 0.764. The molecule has 0 heterocycles. The van der Waals surface area contributed by atoms with Crippen molar-refractivity contribution in [1.82, 2.24) is 4.31 Å². The molecule has 1 N–H and O–H groups in total. The summed E-state index contributed by atoms with van der Waals surface area (Å²) in [5, 5.41) is 2.88. The van der Waals surface area contributed by atoms with Crippen LogP contribution in [0, 0.1) is 5.92 Å². The third-order valence-electron chi connectivity index (χ3n) is 4.58. The molecule has 0 atom stereocenters. The van der Waals surface area contributed by atoms with E-state index in [4.69, 9.17) is 4.74 Å². The number of amides is 1. The lowest BCUT2D eigenvalue weighted by Gasteiger charge is -2.20. The van der Waals surface area contributed by atoms with Gasteiger partial charge in [-0.25, -0.2) is 8.42 Å². The van der Waals surface area contributed by atoms with Crippen LogP contribution >= 0.6 is 0 Å². The smallest absolute Gasteiger partial charge is 0.243 e. The Morgan fingerprint density at radius 2 is 1.84 bits per heavy atom. The second kappa shape index (κ2) is 8.67. The maximum absolute atomic E-state index is 12.7. The molecule has 1 fully saturated rings. The minimum absolute atomic E-state index is 0.00229. The van der Waals surface area contributed by atoms with Gasteiger partial charge in [-0.05, 0) is 38.0 Å². The monoisotopic (exact) mass is 368 g/mol. The van der Waals surface area contributed by atoms with E-state index in [1.54, 1.807) is 19.9 Å². The summed E-state index contributed by atoms with van der Waals surface area (Å²) in [7, 11) is -3.58. The van der Waals surface area contributed by atoms with Crippen molar-refractivity contribution in [2.24, 2.45) is 5.92 Å². The van der Waals surface area contributed by atoms with E-state index in [0.717, 1.165) is 25.7 Å². The number of hydrogen-bond donors (Lipinski definition) is 1. The second-order valence-corrected chi connectivity index (χ2v) is 8.09. The van der Waals surface area contributed by atoms with Crippen molar-refractivity contribution in [1.29, 1.82) is 0 Å². The van der Waals surface area contributed by atoms with Crippen LogP contribution in [0.1, 0.15) is 46.5 Å². The van der Waals surface area contributed by atoms with Crippen LogP contribution < -0.4 is 10.1 Å². The van der Waals surface area contributed by atoms with Gasteiger partial charge in [0.25, 0.3) is 0 Å². The van der Waals surface area contributed by atoms with Crippen molar-refractivity contribution in [3.05, 3.63) is 18.2 Å². The topological polar surface area (TPSA) is 75.7 Å². The number of nitrogens with zero attached hydrogens (tertiary/aromatic N) is 1. The highest BCUT2D eigenvalue weighted by Gasteiger charge is 2.26. The zero-order chi connectivity index (χ0) is 18.4. The van der Waals surface area contributed by atoms with Crippen molar-refractivity contribution in [3.8, 4) is 5.75 Å². The molecule has 6 nitrogen and oxygen atoms in total. The Kier molecular flexibility index (Phi) is 6.84. The van der Waals surface area contributed by atoms with E-state index in [1.165, 1.54) is 16.4 Å². The summed E-state index contributed by atoms with van der Waals surface area (Å²) in [6.45, 7) is 6.69. The summed E-state index contributed by atoms with van der Waals surface area (Å²) in [6.07, 6.45) is 3.89. The Morgan fingerprint density at radius 3 is 2.40 bits per heavy atom. The van der Waals surface area contributed by atoms with Crippen molar-refractivity contribution in [2.45, 2.75) is 51.3 Å². The summed E-state index contributed by atoms with van der Waals surface area (Å²) < 4.78 is 32.4. The summed E-state index contributed by atoms with van der Waals surface area (Å²) in [4.78, 5) is 12.6. The average molecular weight is 368 g/mol. The Bertz CT molecular complexity index is 693. The van der Waals surface area contributed by atoms with Crippen LogP contribution in [0.25, 0.3) is 0 Å². The van der Waals surface area contributed by atoms with E-state index >= 15 is 0 Å². The molecule has 1 aromatic rings. The van der Waals surface area contributed by atoms with Gasteiger partial charge in [-0.15, -0.1) is 0 Å². The Balaban J connectivity index is 2.33. The molecule has 0 spiro atoms. The van der Waals surface area contributed by atoms with Crippen LogP contribution in [0.2, 0.25) is 0 Å². The van der Waals surface area contributed by atoms with Gasteiger partial charge in [-0.1, -0.05) is 26.7 Å². The third-order valence-corrected chi connectivity index (χ3v) is 6.62. The van der Waals surface area contributed by atoms with Gasteiger partial charge in [0.1, 0.15) is 5.75 Å². The number of benzene rings is 1. The lowest BCUT2D eigenvalue weighted by Crippen LogP contribution is -2.30. The predicted octanol–water partition coefficient (Wildman–Crippen LogP) is 3.24. The largest absolute Gasteiger partial charge is 0.492 e. The summed E-state index contributed by atoms with van der Waals surface area (Å²) in [5.74, 6) is 0.431. The van der Waals surface area contributed by atoms with Crippen LogP contribution in [0.4, 0.5) is 5.69 Å². The molecule has 1 aliphatic carbocycles. The molecule has 0 unspecified atom stereocenters. The number of sulfonamides is 1. The predicted molar refractivity (Wildman–Crippen MR) is 98.3 cm³/mol. The first-order chi connectivity index (χ1) is 11.9. The van der Waals surface area contributed by atoms with Crippen molar-refractivity contribution in [2.75, 3.05) is 25.0 Å². The molecule has 1 aromatic carbocycles. The molecule has 0 aromatic heterocycles. The molecule has 140 valence electrons. The molecule has 1 aliphatic rings. The van der Waals surface area contributed by atoms with Crippen molar-refractivity contribution in [3.63, 3.8) is 0 Å². The highest BCUT2D eigenvalue weighted by molar-refractivity contribution is 7.89. The van der Waals surface area contributed by atoms with Gasteiger partial charge in [0.2, 0.25) is 15.9 Å². The first-order valence-corrected chi connectivity index (χ1v) is 10.5. The summed E-state index contributed by atoms with van der Waals surface area (Å²) in [6, 6.07) is 4.65. The minimum atomic E-state index is -3.58. The van der Waals surface area contributed by atoms with Crippen LogP contribution in [-0.2, 0) is 14.8 Å². The molecule has 25 heavy (non-hydrogen) atoms. The van der Waals surface area contributed by atoms with Crippen LogP contribution in [-0.4, -0.2) is 38.3 Å². The molecule has 0 aliphatic heterocycles.